The van der Waals surface area contributed by atoms with E-state index in [1.165, 1.54) is 4.31 Å². The number of sulfonamides is 1. The molecule has 156 valence electrons. The number of likely N-dealkylation sites (tertiary alicyclic amines) is 1. The maximum Gasteiger partial charge on any atom is 0.243 e. The van der Waals surface area contributed by atoms with Crippen molar-refractivity contribution in [3.8, 4) is 0 Å². The van der Waals surface area contributed by atoms with Gasteiger partial charge in [-0.25, -0.2) is 8.42 Å². The van der Waals surface area contributed by atoms with Gasteiger partial charge in [-0.3, -0.25) is 9.59 Å². The zero-order chi connectivity index (χ0) is 20.7. The predicted molar refractivity (Wildman–Crippen MR) is 108 cm³/mol. The fourth-order valence-electron chi connectivity index (χ4n) is 3.55. The highest BCUT2D eigenvalue weighted by Crippen LogP contribution is 2.20. The molecule has 1 aliphatic heterocycles. The van der Waals surface area contributed by atoms with Crippen molar-refractivity contribution >= 4 is 21.8 Å². The van der Waals surface area contributed by atoms with Crippen LogP contribution in [0.2, 0.25) is 0 Å². The minimum atomic E-state index is -3.46. The molecule has 0 atom stereocenters. The van der Waals surface area contributed by atoms with E-state index in [9.17, 15) is 18.0 Å². The number of nitrogens with zero attached hydrogens (tertiary/aromatic N) is 2. The van der Waals surface area contributed by atoms with Crippen LogP contribution in [0.5, 0.6) is 0 Å². The van der Waals surface area contributed by atoms with E-state index in [4.69, 9.17) is 0 Å². The lowest BCUT2D eigenvalue weighted by atomic mass is 9.95. The summed E-state index contributed by atoms with van der Waals surface area (Å²) in [6, 6.07) is 6.79. The van der Waals surface area contributed by atoms with Crippen LogP contribution in [0.1, 0.15) is 38.7 Å². The van der Waals surface area contributed by atoms with Gasteiger partial charge in [0.2, 0.25) is 21.8 Å². The van der Waals surface area contributed by atoms with E-state index < -0.39 is 10.0 Å². The largest absolute Gasteiger partial charge is 0.359 e. The average Bonchev–Trinajstić information content (AvgIpc) is 2.72. The van der Waals surface area contributed by atoms with Crippen molar-refractivity contribution in [3.63, 3.8) is 0 Å². The summed E-state index contributed by atoms with van der Waals surface area (Å²) in [5.41, 5.74) is 0.937. The smallest absolute Gasteiger partial charge is 0.243 e. The third-order valence-corrected chi connectivity index (χ3v) is 7.42. The van der Waals surface area contributed by atoms with Crippen molar-refractivity contribution < 1.29 is 18.0 Å². The first-order valence-electron chi connectivity index (χ1n) is 9.91. The van der Waals surface area contributed by atoms with Gasteiger partial charge < -0.3 is 10.2 Å². The van der Waals surface area contributed by atoms with Crippen LogP contribution in [0.3, 0.4) is 0 Å². The highest BCUT2D eigenvalue weighted by molar-refractivity contribution is 7.89. The van der Waals surface area contributed by atoms with Gasteiger partial charge in [0.15, 0.2) is 0 Å². The Bertz CT molecular complexity index is 765. The molecule has 0 unspecified atom stereocenters. The Morgan fingerprint density at radius 2 is 1.68 bits per heavy atom. The number of hydrogen-bond donors (Lipinski definition) is 1. The summed E-state index contributed by atoms with van der Waals surface area (Å²) in [4.78, 5) is 26.2. The van der Waals surface area contributed by atoms with Gasteiger partial charge >= 0.3 is 0 Å². The lowest BCUT2D eigenvalue weighted by Gasteiger charge is -2.31. The number of carbonyl (C=O) groups is 2. The lowest BCUT2D eigenvalue weighted by molar-refractivity contribution is -0.135. The summed E-state index contributed by atoms with van der Waals surface area (Å²) in [5, 5.41) is 2.67. The molecule has 2 amide bonds. The summed E-state index contributed by atoms with van der Waals surface area (Å²) in [6.45, 7) is 5.73. The van der Waals surface area contributed by atoms with Gasteiger partial charge in [-0.2, -0.15) is 4.31 Å². The average molecular weight is 410 g/mol. The van der Waals surface area contributed by atoms with Gasteiger partial charge in [-0.05, 0) is 37.0 Å². The molecule has 2 rings (SSSR count). The summed E-state index contributed by atoms with van der Waals surface area (Å²) in [7, 11) is -1.82. The van der Waals surface area contributed by atoms with E-state index in [2.05, 4.69) is 5.32 Å². The van der Waals surface area contributed by atoms with Gasteiger partial charge in [0, 0.05) is 45.6 Å². The predicted octanol–water partition coefficient (Wildman–Crippen LogP) is 1.63. The van der Waals surface area contributed by atoms with Crippen molar-refractivity contribution in [1.82, 2.24) is 14.5 Å². The van der Waals surface area contributed by atoms with Crippen molar-refractivity contribution in [2.75, 3.05) is 33.2 Å². The third-order valence-electron chi connectivity index (χ3n) is 5.36. The van der Waals surface area contributed by atoms with E-state index in [1.54, 1.807) is 31.3 Å². The number of rotatable bonds is 8. The van der Waals surface area contributed by atoms with Gasteiger partial charge in [0.25, 0.3) is 0 Å². The standard InChI is InChI=1S/C20H31N3O4S/c1-4-23(5-2)28(26,27)18-9-6-16(7-10-18)8-11-19(24)22-14-12-17(13-15-22)20(25)21-3/h6-7,9-10,17H,4-5,8,11-15H2,1-3H3,(H,21,25). The van der Waals surface area contributed by atoms with Gasteiger partial charge in [-0.15, -0.1) is 0 Å². The summed E-state index contributed by atoms with van der Waals surface area (Å²) < 4.78 is 26.4. The molecule has 1 fully saturated rings. The van der Waals surface area contributed by atoms with Crippen LogP contribution in [-0.2, 0) is 26.0 Å². The minimum Gasteiger partial charge on any atom is -0.359 e. The lowest BCUT2D eigenvalue weighted by Crippen LogP contribution is -2.42. The van der Waals surface area contributed by atoms with Gasteiger partial charge in [0.05, 0.1) is 4.90 Å². The normalized spacial score (nSPS) is 15.6. The van der Waals surface area contributed by atoms with E-state index >= 15 is 0 Å². The molecular formula is C20H31N3O4S. The van der Waals surface area contributed by atoms with Crippen LogP contribution in [0.15, 0.2) is 29.2 Å². The van der Waals surface area contributed by atoms with Crippen LogP contribution < -0.4 is 5.32 Å². The molecule has 0 aromatic heterocycles. The molecule has 1 aromatic carbocycles. The SMILES string of the molecule is CCN(CC)S(=O)(=O)c1ccc(CCC(=O)N2CCC(C(=O)NC)CC2)cc1. The number of carbonyl (C=O) groups excluding carboxylic acids is 2. The molecule has 0 bridgehead atoms. The zero-order valence-electron chi connectivity index (χ0n) is 17.0. The maximum atomic E-state index is 12.5. The molecule has 1 heterocycles. The molecular weight excluding hydrogens is 378 g/mol. The Morgan fingerprint density at radius 3 is 2.18 bits per heavy atom. The zero-order valence-corrected chi connectivity index (χ0v) is 17.8. The minimum absolute atomic E-state index is 0.00523. The van der Waals surface area contributed by atoms with E-state index in [-0.39, 0.29) is 22.6 Å². The van der Waals surface area contributed by atoms with Crippen LogP contribution >= 0.6 is 0 Å². The number of amides is 2. The molecule has 7 nitrogen and oxygen atoms in total. The first kappa shape index (κ1) is 22.4. The van der Waals surface area contributed by atoms with Crippen LogP contribution in [0, 0.1) is 5.92 Å². The fraction of sp³-hybridized carbons (Fsp3) is 0.600. The Balaban J connectivity index is 1.88. The highest BCUT2D eigenvalue weighted by atomic mass is 32.2. The van der Waals surface area contributed by atoms with Crippen LogP contribution in [0.25, 0.3) is 0 Å². The van der Waals surface area contributed by atoms with Crippen LogP contribution in [0.4, 0.5) is 0 Å². The molecule has 8 heteroatoms. The quantitative estimate of drug-likeness (QED) is 0.707. The summed E-state index contributed by atoms with van der Waals surface area (Å²) in [6.07, 6.45) is 2.35. The molecule has 28 heavy (non-hydrogen) atoms. The summed E-state index contributed by atoms with van der Waals surface area (Å²) >= 11 is 0. The maximum absolute atomic E-state index is 12.5. The van der Waals surface area contributed by atoms with Crippen molar-refractivity contribution in [3.05, 3.63) is 29.8 Å². The third kappa shape index (κ3) is 5.32. The molecule has 0 radical (unpaired) electrons. The van der Waals surface area contributed by atoms with Gasteiger partial charge in [-0.1, -0.05) is 26.0 Å². The summed E-state index contributed by atoms with van der Waals surface area (Å²) in [5.74, 6) is 0.122. The molecule has 0 spiro atoms. The Hall–Kier alpha value is -1.93. The molecule has 1 saturated heterocycles. The first-order valence-corrected chi connectivity index (χ1v) is 11.4. The molecule has 0 aliphatic carbocycles. The van der Waals surface area contributed by atoms with E-state index in [0.717, 1.165) is 5.56 Å². The van der Waals surface area contributed by atoms with Crippen LogP contribution in [-0.4, -0.2) is 62.7 Å². The molecule has 0 saturated carbocycles. The number of piperidine rings is 1. The molecule has 1 N–H and O–H groups in total. The number of nitrogens with one attached hydrogen (secondary N) is 1. The topological polar surface area (TPSA) is 86.8 Å². The second-order valence-corrected chi connectivity index (χ2v) is 8.94. The number of benzene rings is 1. The molecule has 1 aliphatic rings. The second kappa shape index (κ2) is 10.0. The Morgan fingerprint density at radius 1 is 1.11 bits per heavy atom. The fourth-order valence-corrected chi connectivity index (χ4v) is 5.00. The highest BCUT2D eigenvalue weighted by Gasteiger charge is 2.26. The van der Waals surface area contributed by atoms with Crippen molar-refractivity contribution in [1.29, 1.82) is 0 Å². The number of aryl methyl sites for hydroxylation is 1. The van der Waals surface area contributed by atoms with E-state index in [0.29, 0.717) is 51.9 Å². The number of hydrogen-bond acceptors (Lipinski definition) is 4. The van der Waals surface area contributed by atoms with Crippen molar-refractivity contribution in [2.45, 2.75) is 44.4 Å². The van der Waals surface area contributed by atoms with Gasteiger partial charge in [0.1, 0.15) is 0 Å². The Labute approximate surface area is 168 Å². The Kier molecular flexibility index (Phi) is 8.00. The molecule has 1 aromatic rings. The van der Waals surface area contributed by atoms with E-state index in [1.807, 2.05) is 18.7 Å². The first-order chi connectivity index (χ1) is 13.3. The monoisotopic (exact) mass is 409 g/mol. The second-order valence-electron chi connectivity index (χ2n) is 7.00. The van der Waals surface area contributed by atoms with Crippen molar-refractivity contribution in [2.24, 2.45) is 5.92 Å².